The van der Waals surface area contributed by atoms with Crippen LogP contribution in [0.3, 0.4) is 0 Å². The molecule has 1 aliphatic heterocycles. The van der Waals surface area contributed by atoms with E-state index in [1.54, 1.807) is 18.3 Å². The van der Waals surface area contributed by atoms with Crippen LogP contribution < -0.4 is 4.90 Å². The molecule has 0 radical (unpaired) electrons. The van der Waals surface area contributed by atoms with Crippen molar-refractivity contribution >= 4 is 16.3 Å². The first-order valence-electron chi connectivity index (χ1n) is 5.87. The minimum Gasteiger partial charge on any atom is -0.362 e. The SMILES string of the molecule is CC(C)c1ncc(N2CCC(C)(F)CC2)s1. The van der Waals surface area contributed by atoms with Crippen LogP contribution in [0, 0.1) is 0 Å². The molecule has 0 atom stereocenters. The van der Waals surface area contributed by atoms with Crippen molar-refractivity contribution in [2.75, 3.05) is 18.0 Å². The van der Waals surface area contributed by atoms with Crippen LogP contribution >= 0.6 is 11.3 Å². The molecule has 0 aliphatic carbocycles. The molecule has 90 valence electrons. The third-order valence-corrected chi connectivity index (χ3v) is 4.48. The van der Waals surface area contributed by atoms with E-state index in [0.717, 1.165) is 13.1 Å². The number of nitrogens with zero attached hydrogens (tertiary/aromatic N) is 2. The zero-order valence-electron chi connectivity index (χ0n) is 10.2. The fourth-order valence-corrected chi connectivity index (χ4v) is 2.86. The molecule has 16 heavy (non-hydrogen) atoms. The van der Waals surface area contributed by atoms with Gasteiger partial charge in [-0.05, 0) is 19.8 Å². The molecule has 0 saturated carbocycles. The molecule has 1 aromatic heterocycles. The van der Waals surface area contributed by atoms with Crippen molar-refractivity contribution in [1.29, 1.82) is 0 Å². The van der Waals surface area contributed by atoms with Gasteiger partial charge in [0.15, 0.2) is 0 Å². The van der Waals surface area contributed by atoms with Crippen molar-refractivity contribution in [3.8, 4) is 0 Å². The molecule has 0 aromatic carbocycles. The van der Waals surface area contributed by atoms with Gasteiger partial charge in [0.25, 0.3) is 0 Å². The number of anilines is 1. The molecular weight excluding hydrogens is 223 g/mol. The summed E-state index contributed by atoms with van der Waals surface area (Å²) in [7, 11) is 0. The predicted molar refractivity (Wildman–Crippen MR) is 67.2 cm³/mol. The Hall–Kier alpha value is -0.640. The van der Waals surface area contributed by atoms with Crippen molar-refractivity contribution in [3.63, 3.8) is 0 Å². The van der Waals surface area contributed by atoms with Crippen LogP contribution in [-0.2, 0) is 0 Å². The van der Waals surface area contributed by atoms with Crippen molar-refractivity contribution in [2.45, 2.75) is 45.2 Å². The smallest absolute Gasteiger partial charge is 0.111 e. The molecule has 2 rings (SSSR count). The highest BCUT2D eigenvalue weighted by Crippen LogP contribution is 2.33. The molecule has 0 N–H and O–H groups in total. The second-order valence-corrected chi connectivity index (χ2v) is 6.13. The Bertz CT molecular complexity index is 350. The Morgan fingerprint density at radius 2 is 2.06 bits per heavy atom. The average Bonchev–Trinajstić information content (AvgIpc) is 2.66. The minimum absolute atomic E-state index is 0.481. The maximum absolute atomic E-state index is 13.7. The van der Waals surface area contributed by atoms with E-state index in [2.05, 4.69) is 23.7 Å². The van der Waals surface area contributed by atoms with E-state index in [1.807, 2.05) is 6.20 Å². The standard InChI is InChI=1S/C12H19FN2S/c1-9(2)11-14-8-10(16-11)15-6-4-12(3,13)5-7-15/h8-9H,4-7H2,1-3H3. The van der Waals surface area contributed by atoms with Crippen LogP contribution in [-0.4, -0.2) is 23.7 Å². The van der Waals surface area contributed by atoms with E-state index < -0.39 is 5.67 Å². The van der Waals surface area contributed by atoms with E-state index in [4.69, 9.17) is 0 Å². The minimum atomic E-state index is -0.970. The van der Waals surface area contributed by atoms with Gasteiger partial charge >= 0.3 is 0 Å². The number of alkyl halides is 1. The normalized spacial score (nSPS) is 20.4. The number of thiazole rings is 1. The summed E-state index contributed by atoms with van der Waals surface area (Å²) in [6.45, 7) is 7.63. The van der Waals surface area contributed by atoms with E-state index in [1.165, 1.54) is 10.0 Å². The number of hydrogen-bond acceptors (Lipinski definition) is 3. The first-order valence-corrected chi connectivity index (χ1v) is 6.69. The van der Waals surface area contributed by atoms with Gasteiger partial charge in [0.05, 0.1) is 11.2 Å². The lowest BCUT2D eigenvalue weighted by molar-refractivity contribution is 0.149. The summed E-state index contributed by atoms with van der Waals surface area (Å²) < 4.78 is 13.7. The maximum atomic E-state index is 13.7. The summed E-state index contributed by atoms with van der Waals surface area (Å²) in [5.41, 5.74) is -0.970. The van der Waals surface area contributed by atoms with Gasteiger partial charge in [-0.2, -0.15) is 0 Å². The molecular formula is C12H19FN2S. The topological polar surface area (TPSA) is 16.1 Å². The number of halogens is 1. The van der Waals surface area contributed by atoms with Gasteiger partial charge in [-0.1, -0.05) is 13.8 Å². The maximum Gasteiger partial charge on any atom is 0.111 e. The molecule has 1 fully saturated rings. The van der Waals surface area contributed by atoms with E-state index >= 15 is 0 Å². The van der Waals surface area contributed by atoms with Gasteiger partial charge in [-0.3, -0.25) is 0 Å². The zero-order chi connectivity index (χ0) is 11.8. The van der Waals surface area contributed by atoms with Gasteiger partial charge in [0, 0.05) is 19.0 Å². The lowest BCUT2D eigenvalue weighted by atomic mass is 9.96. The Labute approximate surface area is 100 Å². The third-order valence-electron chi connectivity index (χ3n) is 3.12. The summed E-state index contributed by atoms with van der Waals surface area (Å²) in [5, 5.41) is 2.36. The van der Waals surface area contributed by atoms with E-state index in [0.29, 0.717) is 18.8 Å². The number of piperidine rings is 1. The predicted octanol–water partition coefficient (Wildman–Crippen LogP) is 3.59. The summed E-state index contributed by atoms with van der Waals surface area (Å²) in [4.78, 5) is 6.67. The third kappa shape index (κ3) is 2.54. The second kappa shape index (κ2) is 4.32. The van der Waals surface area contributed by atoms with Crippen LogP contribution in [0.2, 0.25) is 0 Å². The number of rotatable bonds is 2. The molecule has 1 saturated heterocycles. The van der Waals surface area contributed by atoms with Gasteiger partial charge in [-0.15, -0.1) is 11.3 Å². The molecule has 2 heterocycles. The Morgan fingerprint density at radius 3 is 2.56 bits per heavy atom. The molecule has 4 heteroatoms. The average molecular weight is 242 g/mol. The molecule has 2 nitrogen and oxygen atoms in total. The highest BCUT2D eigenvalue weighted by Gasteiger charge is 2.30. The lowest BCUT2D eigenvalue weighted by Gasteiger charge is -2.34. The number of hydrogen-bond donors (Lipinski definition) is 0. The molecule has 1 aliphatic rings. The van der Waals surface area contributed by atoms with Crippen molar-refractivity contribution in [2.24, 2.45) is 0 Å². The first-order chi connectivity index (χ1) is 7.48. The number of aromatic nitrogens is 1. The fourth-order valence-electron chi connectivity index (χ4n) is 1.89. The fraction of sp³-hybridized carbons (Fsp3) is 0.750. The molecule has 0 unspecified atom stereocenters. The van der Waals surface area contributed by atoms with Crippen LogP contribution in [0.15, 0.2) is 6.20 Å². The highest BCUT2D eigenvalue weighted by molar-refractivity contribution is 7.15. The summed E-state index contributed by atoms with van der Waals surface area (Å²) in [5.74, 6) is 0.481. The van der Waals surface area contributed by atoms with E-state index in [-0.39, 0.29) is 0 Å². The summed E-state index contributed by atoms with van der Waals surface area (Å²) in [6.07, 6.45) is 3.19. The van der Waals surface area contributed by atoms with Crippen LogP contribution in [0.1, 0.15) is 44.5 Å². The summed E-state index contributed by atoms with van der Waals surface area (Å²) >= 11 is 1.74. The second-order valence-electron chi connectivity index (χ2n) is 5.09. The molecule has 0 amide bonds. The van der Waals surface area contributed by atoms with Gasteiger partial charge in [0.1, 0.15) is 10.7 Å². The monoisotopic (exact) mass is 242 g/mol. The first kappa shape index (κ1) is 11.8. The summed E-state index contributed by atoms with van der Waals surface area (Å²) in [6, 6.07) is 0. The van der Waals surface area contributed by atoms with Gasteiger partial charge in [0.2, 0.25) is 0 Å². The van der Waals surface area contributed by atoms with Crippen LogP contribution in [0.25, 0.3) is 0 Å². The van der Waals surface area contributed by atoms with Crippen molar-refractivity contribution in [1.82, 2.24) is 4.98 Å². The Kier molecular flexibility index (Phi) is 3.19. The Balaban J connectivity index is 2.03. The van der Waals surface area contributed by atoms with Crippen LogP contribution in [0.4, 0.5) is 9.39 Å². The van der Waals surface area contributed by atoms with Crippen LogP contribution in [0.5, 0.6) is 0 Å². The van der Waals surface area contributed by atoms with Gasteiger partial charge < -0.3 is 4.90 Å². The van der Waals surface area contributed by atoms with E-state index in [9.17, 15) is 4.39 Å². The largest absolute Gasteiger partial charge is 0.362 e. The molecule has 1 aromatic rings. The molecule has 0 bridgehead atoms. The quantitative estimate of drug-likeness (QED) is 0.788. The highest BCUT2D eigenvalue weighted by atomic mass is 32.1. The molecule has 0 spiro atoms. The van der Waals surface area contributed by atoms with Crippen molar-refractivity contribution < 1.29 is 4.39 Å². The Morgan fingerprint density at radius 1 is 1.44 bits per heavy atom. The lowest BCUT2D eigenvalue weighted by Crippen LogP contribution is -2.39. The zero-order valence-corrected chi connectivity index (χ0v) is 11.0. The van der Waals surface area contributed by atoms with Crippen molar-refractivity contribution in [3.05, 3.63) is 11.2 Å². The van der Waals surface area contributed by atoms with Gasteiger partial charge in [-0.25, -0.2) is 9.37 Å².